The number of ether oxygens (including phenoxy) is 1. The van der Waals surface area contributed by atoms with Crippen molar-refractivity contribution in [1.29, 1.82) is 0 Å². The molecule has 0 fully saturated rings. The van der Waals surface area contributed by atoms with Gasteiger partial charge in [-0.05, 0) is 72.8 Å². The van der Waals surface area contributed by atoms with Gasteiger partial charge in [0.05, 0.1) is 34.8 Å². The van der Waals surface area contributed by atoms with Crippen LogP contribution >= 0.6 is 0 Å². The van der Waals surface area contributed by atoms with Crippen LogP contribution in [0.15, 0.2) is 146 Å². The van der Waals surface area contributed by atoms with Gasteiger partial charge in [0, 0.05) is 47.2 Å². The zero-order valence-corrected chi connectivity index (χ0v) is 24.7. The highest BCUT2D eigenvalue weighted by Crippen LogP contribution is 2.51. The fourth-order valence-corrected chi connectivity index (χ4v) is 6.67. The number of nitrogens with zero attached hydrogens (tertiary/aromatic N) is 5. The minimum atomic E-state index is 0.736. The Kier molecular flexibility index (Phi) is 5.68. The maximum atomic E-state index is 6.40. The van der Waals surface area contributed by atoms with E-state index in [-0.39, 0.29) is 0 Å². The third kappa shape index (κ3) is 4.07. The van der Waals surface area contributed by atoms with Crippen LogP contribution in [0.5, 0.6) is 11.5 Å². The van der Waals surface area contributed by atoms with Crippen LogP contribution < -0.4 is 14.5 Å². The van der Waals surface area contributed by atoms with Crippen molar-refractivity contribution in [3.05, 3.63) is 146 Å². The van der Waals surface area contributed by atoms with Gasteiger partial charge in [0.25, 0.3) is 0 Å². The number of rotatable bonds is 4. The Bertz CT molecular complexity index is 2220. The molecule has 0 N–H and O–H groups in total. The van der Waals surface area contributed by atoms with Crippen molar-refractivity contribution in [2.24, 2.45) is 0 Å². The van der Waals surface area contributed by atoms with E-state index in [0.29, 0.717) is 0 Å². The number of pyridine rings is 1. The maximum absolute atomic E-state index is 6.40. The van der Waals surface area contributed by atoms with Gasteiger partial charge in [0.15, 0.2) is 11.5 Å². The van der Waals surface area contributed by atoms with E-state index in [1.165, 1.54) is 21.8 Å². The zero-order valence-electron chi connectivity index (χ0n) is 24.7. The molecule has 0 bridgehead atoms. The molecule has 216 valence electrons. The lowest BCUT2D eigenvalue weighted by Crippen LogP contribution is -2.24. The fourth-order valence-electron chi connectivity index (χ4n) is 6.67. The second-order valence-corrected chi connectivity index (χ2v) is 11.5. The molecule has 2 aromatic heterocycles. The minimum Gasteiger partial charge on any atom is -0.453 e. The Hall–Kier alpha value is -6.01. The van der Waals surface area contributed by atoms with Crippen molar-refractivity contribution in [3.8, 4) is 22.8 Å². The number of hydrogen-bond acceptors (Lipinski definition) is 5. The zero-order chi connectivity index (χ0) is 29.9. The molecule has 7 aromatic rings. The lowest BCUT2D eigenvalue weighted by molar-refractivity contribution is 0.477. The van der Waals surface area contributed by atoms with Gasteiger partial charge in [-0.15, -0.1) is 0 Å². The maximum Gasteiger partial charge on any atom is 0.151 e. The Morgan fingerprint density at radius 3 is 2.13 bits per heavy atom. The summed E-state index contributed by atoms with van der Waals surface area (Å²) in [5.74, 6) is 2.78. The van der Waals surface area contributed by atoms with E-state index in [1.807, 2.05) is 42.6 Å². The summed E-state index contributed by atoms with van der Waals surface area (Å²) < 4.78 is 8.78. The van der Waals surface area contributed by atoms with Gasteiger partial charge < -0.3 is 19.4 Å². The molecular formula is C39H29N5O. The molecule has 6 heteroatoms. The minimum absolute atomic E-state index is 0.736. The van der Waals surface area contributed by atoms with Gasteiger partial charge >= 0.3 is 0 Å². The molecular weight excluding hydrogens is 554 g/mol. The molecule has 9 rings (SSSR count). The lowest BCUT2D eigenvalue weighted by atomic mass is 10.1. The van der Waals surface area contributed by atoms with E-state index in [9.17, 15) is 0 Å². The van der Waals surface area contributed by atoms with Crippen molar-refractivity contribution in [3.63, 3.8) is 0 Å². The molecule has 2 aliphatic rings. The van der Waals surface area contributed by atoms with Gasteiger partial charge in [0.2, 0.25) is 0 Å². The highest BCUT2D eigenvalue weighted by molar-refractivity contribution is 6.10. The van der Waals surface area contributed by atoms with Crippen molar-refractivity contribution in [2.75, 3.05) is 23.5 Å². The topological polar surface area (TPSA) is 36.8 Å². The summed E-state index contributed by atoms with van der Waals surface area (Å²) in [6.45, 7) is 0.736. The van der Waals surface area contributed by atoms with Crippen LogP contribution in [0.4, 0.5) is 22.7 Å². The molecule has 4 heterocycles. The third-order valence-corrected chi connectivity index (χ3v) is 8.74. The van der Waals surface area contributed by atoms with Crippen molar-refractivity contribution in [1.82, 2.24) is 14.5 Å². The molecule has 2 aliphatic heterocycles. The molecule has 0 amide bonds. The van der Waals surface area contributed by atoms with Crippen LogP contribution in [0.3, 0.4) is 0 Å². The Labute approximate surface area is 261 Å². The lowest BCUT2D eigenvalue weighted by Gasteiger charge is -2.33. The average molecular weight is 584 g/mol. The highest BCUT2D eigenvalue weighted by atomic mass is 16.5. The van der Waals surface area contributed by atoms with E-state index in [1.54, 1.807) is 0 Å². The van der Waals surface area contributed by atoms with Crippen molar-refractivity contribution in [2.45, 2.75) is 0 Å². The van der Waals surface area contributed by atoms with Crippen LogP contribution in [0.1, 0.15) is 0 Å². The predicted molar refractivity (Wildman–Crippen MR) is 183 cm³/mol. The predicted octanol–water partition coefficient (Wildman–Crippen LogP) is 9.60. The Morgan fingerprint density at radius 2 is 1.33 bits per heavy atom. The molecule has 0 spiro atoms. The fraction of sp³-hybridized carbons (Fsp3) is 0.0513. The van der Waals surface area contributed by atoms with Crippen LogP contribution in [0.25, 0.3) is 38.9 Å². The van der Waals surface area contributed by atoms with E-state index < -0.39 is 0 Å². The number of hydrogen-bond donors (Lipinski definition) is 0. The van der Waals surface area contributed by atoms with E-state index >= 15 is 0 Å². The molecule has 0 aliphatic carbocycles. The molecule has 0 unspecified atom stereocenters. The van der Waals surface area contributed by atoms with Crippen LogP contribution in [0, 0.1) is 0 Å². The average Bonchev–Trinajstić information content (AvgIpc) is 3.64. The second-order valence-electron chi connectivity index (χ2n) is 11.5. The highest BCUT2D eigenvalue weighted by Gasteiger charge is 2.28. The third-order valence-electron chi connectivity index (χ3n) is 8.74. The number of benzene rings is 5. The van der Waals surface area contributed by atoms with Gasteiger partial charge in [-0.2, -0.15) is 0 Å². The summed E-state index contributed by atoms with van der Waals surface area (Å²) in [6.07, 6.45) is 4.09. The van der Waals surface area contributed by atoms with Crippen molar-refractivity contribution < 1.29 is 4.74 Å². The molecule has 0 atom stereocenters. The van der Waals surface area contributed by atoms with Crippen LogP contribution in [-0.4, -0.2) is 28.2 Å². The monoisotopic (exact) mass is 583 g/mol. The van der Waals surface area contributed by atoms with Crippen molar-refractivity contribution >= 4 is 50.4 Å². The molecule has 0 radical (unpaired) electrons. The first-order valence-electron chi connectivity index (χ1n) is 15.1. The largest absolute Gasteiger partial charge is 0.453 e. The number of fused-ring (bicyclic) bond motifs is 5. The van der Waals surface area contributed by atoms with Crippen LogP contribution in [0.2, 0.25) is 0 Å². The van der Waals surface area contributed by atoms with Gasteiger partial charge in [-0.3, -0.25) is 9.55 Å². The first-order chi connectivity index (χ1) is 22.2. The standard InChI is InChI=1S/C39H29N5O/c1-41-26-42(25-39(41)44-33-16-4-2-13-30(33)31-14-3-5-17-34(31)44)28-11-10-12-29(24-28)43-35-18-6-7-19-37(35)45-38-21-20-27(23-36(38)43)32-15-8-9-22-40-32/h2-25H,26H2,1H3. The summed E-state index contributed by atoms with van der Waals surface area (Å²) in [4.78, 5) is 11.5. The van der Waals surface area contributed by atoms with E-state index in [0.717, 1.165) is 58.0 Å². The summed E-state index contributed by atoms with van der Waals surface area (Å²) in [5, 5.41) is 2.52. The van der Waals surface area contributed by atoms with Crippen LogP contribution in [-0.2, 0) is 0 Å². The number of aromatic nitrogens is 2. The van der Waals surface area contributed by atoms with Gasteiger partial charge in [-0.25, -0.2) is 0 Å². The molecule has 45 heavy (non-hydrogen) atoms. The summed E-state index contributed by atoms with van der Waals surface area (Å²) in [6, 6.07) is 46.5. The first-order valence-corrected chi connectivity index (χ1v) is 15.1. The van der Waals surface area contributed by atoms with E-state index in [4.69, 9.17) is 4.74 Å². The quantitative estimate of drug-likeness (QED) is 0.206. The first kappa shape index (κ1) is 25.5. The molecule has 5 aromatic carbocycles. The van der Waals surface area contributed by atoms with E-state index in [2.05, 4.69) is 135 Å². The number of anilines is 4. The summed E-state index contributed by atoms with van der Waals surface area (Å²) in [7, 11) is 2.16. The molecule has 0 saturated heterocycles. The Balaban J connectivity index is 1.15. The normalized spacial score (nSPS) is 14.0. The SMILES string of the molecule is CN1CN(c2cccc(N3c4ccccc4Oc4ccc(-c5ccccn5)cc43)c2)C=C1n1c2ccccc2c2ccccc21. The summed E-state index contributed by atoms with van der Waals surface area (Å²) in [5.41, 5.74) is 8.53. The molecule has 6 nitrogen and oxygen atoms in total. The Morgan fingerprint density at radius 1 is 0.622 bits per heavy atom. The van der Waals surface area contributed by atoms with Gasteiger partial charge in [0.1, 0.15) is 5.82 Å². The second kappa shape index (κ2) is 10.0. The summed E-state index contributed by atoms with van der Waals surface area (Å²) >= 11 is 0. The smallest absolute Gasteiger partial charge is 0.151 e. The molecule has 0 saturated carbocycles. The number of para-hydroxylation sites is 4. The van der Waals surface area contributed by atoms with Gasteiger partial charge in [-0.1, -0.05) is 60.7 Å².